The Kier molecular flexibility index (Phi) is 5.63. The van der Waals surface area contributed by atoms with Crippen LogP contribution in [0.25, 0.3) is 0 Å². The van der Waals surface area contributed by atoms with E-state index in [2.05, 4.69) is 5.32 Å². The first kappa shape index (κ1) is 21.5. The first-order chi connectivity index (χ1) is 15.3. The van der Waals surface area contributed by atoms with Gasteiger partial charge in [-0.05, 0) is 48.9 Å². The SMILES string of the molecule is CCCS(=O)(=O)c1ccccc1C(=O)Nc1cccc(N2C(=O)c3ccccc3C2=O)c1. The molecule has 0 unspecified atom stereocenters. The molecular weight excluding hydrogens is 428 g/mol. The number of imide groups is 1. The zero-order valence-corrected chi connectivity index (χ0v) is 18.1. The molecule has 8 heteroatoms. The third kappa shape index (κ3) is 3.80. The second-order valence-corrected chi connectivity index (χ2v) is 9.39. The Morgan fingerprint density at radius 1 is 0.875 bits per heavy atom. The van der Waals surface area contributed by atoms with E-state index in [0.29, 0.717) is 28.9 Å². The zero-order chi connectivity index (χ0) is 22.9. The summed E-state index contributed by atoms with van der Waals surface area (Å²) in [5.41, 5.74) is 1.31. The van der Waals surface area contributed by atoms with E-state index in [1.54, 1.807) is 61.5 Å². The van der Waals surface area contributed by atoms with Crippen LogP contribution in [0.1, 0.15) is 44.4 Å². The van der Waals surface area contributed by atoms with Crippen LogP contribution in [-0.4, -0.2) is 31.9 Å². The molecule has 0 aromatic heterocycles. The highest BCUT2D eigenvalue weighted by atomic mass is 32.2. The first-order valence-electron chi connectivity index (χ1n) is 10.0. The lowest BCUT2D eigenvalue weighted by Gasteiger charge is -2.16. The summed E-state index contributed by atoms with van der Waals surface area (Å²) in [5, 5.41) is 2.67. The molecule has 4 rings (SSSR count). The molecule has 1 aliphatic rings. The summed E-state index contributed by atoms with van der Waals surface area (Å²) >= 11 is 0. The molecule has 1 aliphatic heterocycles. The van der Waals surface area contributed by atoms with Crippen LogP contribution < -0.4 is 10.2 Å². The van der Waals surface area contributed by atoms with Gasteiger partial charge in [-0.25, -0.2) is 13.3 Å². The van der Waals surface area contributed by atoms with E-state index in [9.17, 15) is 22.8 Å². The van der Waals surface area contributed by atoms with Gasteiger partial charge in [0, 0.05) is 5.69 Å². The van der Waals surface area contributed by atoms with Crippen molar-refractivity contribution >= 4 is 38.9 Å². The van der Waals surface area contributed by atoms with E-state index in [0.717, 1.165) is 4.90 Å². The number of sulfone groups is 1. The van der Waals surface area contributed by atoms with E-state index in [1.165, 1.54) is 18.2 Å². The van der Waals surface area contributed by atoms with E-state index in [4.69, 9.17) is 0 Å². The van der Waals surface area contributed by atoms with Crippen molar-refractivity contribution in [1.29, 1.82) is 0 Å². The van der Waals surface area contributed by atoms with Crippen molar-refractivity contribution in [3.8, 4) is 0 Å². The molecule has 1 heterocycles. The molecule has 3 aromatic rings. The van der Waals surface area contributed by atoms with E-state index in [-0.39, 0.29) is 16.2 Å². The number of hydrogen-bond donors (Lipinski definition) is 1. The topological polar surface area (TPSA) is 101 Å². The van der Waals surface area contributed by atoms with Crippen molar-refractivity contribution in [3.05, 3.63) is 89.5 Å². The molecule has 0 aliphatic carbocycles. The monoisotopic (exact) mass is 448 g/mol. The molecule has 3 amide bonds. The predicted octanol–water partition coefficient (Wildman–Crippen LogP) is 3.92. The lowest BCUT2D eigenvalue weighted by atomic mass is 10.1. The van der Waals surface area contributed by atoms with Crippen LogP contribution in [0.15, 0.2) is 77.7 Å². The minimum atomic E-state index is -3.60. The number of carbonyl (C=O) groups is 3. The van der Waals surface area contributed by atoms with Gasteiger partial charge in [0.15, 0.2) is 9.84 Å². The molecule has 0 saturated carbocycles. The van der Waals surface area contributed by atoms with Gasteiger partial charge in [-0.1, -0.05) is 37.3 Å². The minimum absolute atomic E-state index is 0.0316. The van der Waals surface area contributed by atoms with Crippen LogP contribution in [0, 0.1) is 0 Å². The average Bonchev–Trinajstić information content (AvgIpc) is 3.04. The Morgan fingerprint density at radius 2 is 1.50 bits per heavy atom. The number of hydrogen-bond acceptors (Lipinski definition) is 5. The Hall–Kier alpha value is -3.78. The number of carbonyl (C=O) groups excluding carboxylic acids is 3. The summed E-state index contributed by atoms with van der Waals surface area (Å²) in [4.78, 5) is 39.4. The molecule has 0 fully saturated rings. The normalized spacial score (nSPS) is 13.2. The lowest BCUT2D eigenvalue weighted by molar-refractivity contribution is 0.0925. The Balaban J connectivity index is 1.63. The third-order valence-corrected chi connectivity index (χ3v) is 7.07. The van der Waals surface area contributed by atoms with Gasteiger partial charge >= 0.3 is 0 Å². The quantitative estimate of drug-likeness (QED) is 0.576. The van der Waals surface area contributed by atoms with Crippen LogP contribution in [0.3, 0.4) is 0 Å². The zero-order valence-electron chi connectivity index (χ0n) is 17.2. The Labute approximate surface area is 185 Å². The van der Waals surface area contributed by atoms with Gasteiger partial charge in [0.05, 0.1) is 33.0 Å². The third-order valence-electron chi connectivity index (χ3n) is 5.10. The maximum atomic E-state index is 12.9. The van der Waals surface area contributed by atoms with Crippen LogP contribution in [0.2, 0.25) is 0 Å². The molecular formula is C24H20N2O5S. The van der Waals surface area contributed by atoms with E-state index in [1.807, 2.05) is 0 Å². The minimum Gasteiger partial charge on any atom is -0.322 e. The standard InChI is InChI=1S/C24H20N2O5S/c1-2-14-32(30,31)21-13-6-5-12-20(21)22(27)25-16-8-7-9-17(15-16)26-23(28)18-10-3-4-11-19(18)24(26)29/h3-13,15H,2,14H2,1H3,(H,25,27). The van der Waals surface area contributed by atoms with Crippen LogP contribution in [0.4, 0.5) is 11.4 Å². The van der Waals surface area contributed by atoms with Crippen molar-refractivity contribution in [2.75, 3.05) is 16.0 Å². The summed E-state index contributed by atoms with van der Waals surface area (Å²) in [6.45, 7) is 1.75. The molecule has 162 valence electrons. The molecule has 0 radical (unpaired) electrons. The second kappa shape index (κ2) is 8.39. The van der Waals surface area contributed by atoms with Crippen molar-refractivity contribution in [2.24, 2.45) is 0 Å². The summed E-state index contributed by atoms with van der Waals surface area (Å²) < 4.78 is 25.1. The molecule has 0 bridgehead atoms. The number of nitrogens with one attached hydrogen (secondary N) is 1. The number of fused-ring (bicyclic) bond motifs is 1. The fraction of sp³-hybridized carbons (Fsp3) is 0.125. The number of nitrogens with zero attached hydrogens (tertiary/aromatic N) is 1. The molecule has 32 heavy (non-hydrogen) atoms. The Morgan fingerprint density at radius 3 is 2.16 bits per heavy atom. The fourth-order valence-electron chi connectivity index (χ4n) is 3.65. The molecule has 7 nitrogen and oxygen atoms in total. The maximum absolute atomic E-state index is 12.9. The van der Waals surface area contributed by atoms with Crippen molar-refractivity contribution in [1.82, 2.24) is 0 Å². The van der Waals surface area contributed by atoms with Gasteiger partial charge in [0.2, 0.25) is 0 Å². The van der Waals surface area contributed by atoms with Gasteiger partial charge in [0.1, 0.15) is 0 Å². The molecule has 0 atom stereocenters. The van der Waals surface area contributed by atoms with Crippen LogP contribution in [-0.2, 0) is 9.84 Å². The number of rotatable bonds is 6. The summed E-state index contributed by atoms with van der Waals surface area (Å²) in [5.74, 6) is -1.54. The summed E-state index contributed by atoms with van der Waals surface area (Å²) in [7, 11) is -3.60. The number of anilines is 2. The van der Waals surface area contributed by atoms with Crippen molar-refractivity contribution in [3.63, 3.8) is 0 Å². The van der Waals surface area contributed by atoms with Gasteiger partial charge in [-0.15, -0.1) is 0 Å². The lowest BCUT2D eigenvalue weighted by Crippen LogP contribution is -2.29. The highest BCUT2D eigenvalue weighted by Crippen LogP contribution is 2.30. The van der Waals surface area contributed by atoms with Gasteiger partial charge in [-0.2, -0.15) is 0 Å². The molecule has 3 aromatic carbocycles. The molecule has 1 N–H and O–H groups in total. The highest BCUT2D eigenvalue weighted by molar-refractivity contribution is 7.91. The Bertz CT molecular complexity index is 1310. The largest absolute Gasteiger partial charge is 0.322 e. The molecule has 0 spiro atoms. The van der Waals surface area contributed by atoms with Crippen LogP contribution >= 0.6 is 0 Å². The average molecular weight is 449 g/mol. The van der Waals surface area contributed by atoms with Gasteiger partial charge in [0.25, 0.3) is 17.7 Å². The van der Waals surface area contributed by atoms with Crippen molar-refractivity contribution < 1.29 is 22.8 Å². The van der Waals surface area contributed by atoms with E-state index < -0.39 is 27.6 Å². The number of amides is 3. The maximum Gasteiger partial charge on any atom is 0.266 e. The van der Waals surface area contributed by atoms with Gasteiger partial charge < -0.3 is 5.32 Å². The first-order valence-corrected chi connectivity index (χ1v) is 11.7. The van der Waals surface area contributed by atoms with Crippen molar-refractivity contribution in [2.45, 2.75) is 18.2 Å². The summed E-state index contributed by atoms with van der Waals surface area (Å²) in [6.07, 6.45) is 0.431. The van der Waals surface area contributed by atoms with Gasteiger partial charge in [-0.3, -0.25) is 14.4 Å². The second-order valence-electron chi connectivity index (χ2n) is 7.31. The smallest absolute Gasteiger partial charge is 0.266 e. The fourth-order valence-corrected chi connectivity index (χ4v) is 5.19. The highest BCUT2D eigenvalue weighted by Gasteiger charge is 2.36. The predicted molar refractivity (Wildman–Crippen MR) is 121 cm³/mol. The number of benzene rings is 3. The summed E-state index contributed by atoms with van der Waals surface area (Å²) in [6, 6.07) is 18.9. The molecule has 0 saturated heterocycles. The van der Waals surface area contributed by atoms with E-state index >= 15 is 0 Å². The van der Waals surface area contributed by atoms with Crippen LogP contribution in [0.5, 0.6) is 0 Å².